The normalized spacial score (nSPS) is 12.2. The molecule has 8 heteroatoms. The molecule has 0 amide bonds. The molecule has 194 valence electrons. The third kappa shape index (κ3) is 6.72. The number of aliphatic hydroxyl groups is 1. The molecule has 1 N–H and O–H groups in total. The summed E-state index contributed by atoms with van der Waals surface area (Å²) in [6.45, 7) is 6.78. The number of aryl methyl sites for hydroxylation is 1. The van der Waals surface area contributed by atoms with E-state index in [0.717, 1.165) is 23.4 Å². The van der Waals surface area contributed by atoms with E-state index in [2.05, 4.69) is 10.00 Å². The average Bonchev–Trinajstić information content (AvgIpc) is 3.19. The summed E-state index contributed by atoms with van der Waals surface area (Å²) in [6, 6.07) is 22.0. The van der Waals surface area contributed by atoms with Gasteiger partial charge in [-0.1, -0.05) is 36.4 Å². The molecule has 0 saturated carbocycles. The lowest BCUT2D eigenvalue weighted by atomic mass is 10.2. The Morgan fingerprint density at radius 3 is 2.30 bits per heavy atom. The van der Waals surface area contributed by atoms with Crippen molar-refractivity contribution in [1.82, 2.24) is 14.7 Å². The predicted molar refractivity (Wildman–Crippen MR) is 138 cm³/mol. The first kappa shape index (κ1) is 26.3. The minimum atomic E-state index is -0.807. The highest BCUT2D eigenvalue weighted by atomic mass is 19.1. The van der Waals surface area contributed by atoms with Crippen LogP contribution < -0.4 is 9.47 Å². The fourth-order valence-corrected chi connectivity index (χ4v) is 3.93. The van der Waals surface area contributed by atoms with Gasteiger partial charge in [0.1, 0.15) is 24.3 Å². The Labute approximate surface area is 215 Å². The number of ether oxygens (including phenoxy) is 2. The molecule has 37 heavy (non-hydrogen) atoms. The molecule has 4 rings (SSSR count). The smallest absolute Gasteiger partial charge is 0.227 e. The molecule has 1 atom stereocenters. The third-order valence-electron chi connectivity index (χ3n) is 5.96. The second-order valence-corrected chi connectivity index (χ2v) is 9.09. The first-order valence-electron chi connectivity index (χ1n) is 12.2. The van der Waals surface area contributed by atoms with Crippen LogP contribution in [-0.2, 0) is 6.54 Å². The van der Waals surface area contributed by atoms with Gasteiger partial charge in [0.25, 0.3) is 0 Å². The topological polar surface area (TPSA) is 59.8 Å². The second-order valence-electron chi connectivity index (χ2n) is 9.09. The second kappa shape index (κ2) is 12.0. The van der Waals surface area contributed by atoms with Crippen LogP contribution in [0.2, 0.25) is 0 Å². The maximum atomic E-state index is 14.5. The van der Waals surface area contributed by atoms with E-state index >= 15 is 0 Å². The van der Waals surface area contributed by atoms with Gasteiger partial charge in [-0.15, -0.1) is 0 Å². The highest BCUT2D eigenvalue weighted by molar-refractivity contribution is 5.43. The zero-order chi connectivity index (χ0) is 26.4. The molecule has 0 radical (unpaired) electrons. The lowest BCUT2D eigenvalue weighted by molar-refractivity contribution is 0.0539. The largest absolute Gasteiger partial charge is 0.491 e. The molecule has 1 aromatic heterocycles. The highest BCUT2D eigenvalue weighted by Gasteiger charge is 2.25. The molecule has 1 unspecified atom stereocenters. The lowest BCUT2D eigenvalue weighted by Crippen LogP contribution is -2.39. The summed E-state index contributed by atoms with van der Waals surface area (Å²) < 4.78 is 41.4. The molecule has 6 nitrogen and oxygen atoms in total. The van der Waals surface area contributed by atoms with Crippen molar-refractivity contribution >= 4 is 0 Å². The van der Waals surface area contributed by atoms with Crippen molar-refractivity contribution in [3.8, 4) is 23.1 Å². The molecule has 0 saturated heterocycles. The van der Waals surface area contributed by atoms with E-state index in [0.29, 0.717) is 30.4 Å². The summed E-state index contributed by atoms with van der Waals surface area (Å²) in [7, 11) is 0. The van der Waals surface area contributed by atoms with Crippen LogP contribution in [0.3, 0.4) is 0 Å². The van der Waals surface area contributed by atoms with Crippen molar-refractivity contribution in [2.45, 2.75) is 39.5 Å². The molecular formula is C29H31F2N3O3. The SMILES string of the molecule is Cc1nn(-c2ccccc2)c(Oc2ccc(F)cc2F)c1CN(CC(O)COc1ccccc1)C(C)C. The first-order valence-corrected chi connectivity index (χ1v) is 12.2. The molecule has 4 aromatic rings. The Kier molecular flexibility index (Phi) is 8.53. The Balaban J connectivity index is 1.61. The Hall–Kier alpha value is -3.75. The Morgan fingerprint density at radius 2 is 1.65 bits per heavy atom. The summed E-state index contributed by atoms with van der Waals surface area (Å²) in [5.41, 5.74) is 2.17. The summed E-state index contributed by atoms with van der Waals surface area (Å²) >= 11 is 0. The number of para-hydroxylation sites is 2. The van der Waals surface area contributed by atoms with Gasteiger partial charge < -0.3 is 14.6 Å². The van der Waals surface area contributed by atoms with Gasteiger partial charge in [0, 0.05) is 25.2 Å². The van der Waals surface area contributed by atoms with Crippen LogP contribution in [0.5, 0.6) is 17.4 Å². The van der Waals surface area contributed by atoms with Crippen molar-refractivity contribution in [2.24, 2.45) is 0 Å². The van der Waals surface area contributed by atoms with E-state index in [9.17, 15) is 13.9 Å². The monoisotopic (exact) mass is 507 g/mol. The van der Waals surface area contributed by atoms with Gasteiger partial charge in [0.05, 0.1) is 16.9 Å². The van der Waals surface area contributed by atoms with Crippen LogP contribution in [0, 0.1) is 18.6 Å². The Morgan fingerprint density at radius 1 is 0.973 bits per heavy atom. The summed E-state index contributed by atoms with van der Waals surface area (Å²) in [4.78, 5) is 2.08. The summed E-state index contributed by atoms with van der Waals surface area (Å²) in [6.07, 6.45) is -0.744. The number of hydrogen-bond acceptors (Lipinski definition) is 5. The molecule has 0 bridgehead atoms. The molecular weight excluding hydrogens is 476 g/mol. The zero-order valence-electron chi connectivity index (χ0n) is 21.1. The van der Waals surface area contributed by atoms with E-state index < -0.39 is 17.7 Å². The number of nitrogens with zero attached hydrogens (tertiary/aromatic N) is 3. The molecule has 0 aliphatic rings. The van der Waals surface area contributed by atoms with Crippen LogP contribution in [0.1, 0.15) is 25.1 Å². The fourth-order valence-electron chi connectivity index (χ4n) is 3.93. The lowest BCUT2D eigenvalue weighted by Gasteiger charge is -2.29. The third-order valence-corrected chi connectivity index (χ3v) is 5.96. The minimum Gasteiger partial charge on any atom is -0.491 e. The number of halogens is 2. The molecule has 1 heterocycles. The number of aromatic nitrogens is 2. The average molecular weight is 508 g/mol. The summed E-state index contributed by atoms with van der Waals surface area (Å²) in [5, 5.41) is 15.4. The van der Waals surface area contributed by atoms with Gasteiger partial charge in [-0.3, -0.25) is 4.90 Å². The molecule has 3 aromatic carbocycles. The molecule has 0 aliphatic carbocycles. The van der Waals surface area contributed by atoms with Crippen LogP contribution in [0.15, 0.2) is 78.9 Å². The number of aliphatic hydroxyl groups excluding tert-OH is 1. The van der Waals surface area contributed by atoms with E-state index in [-0.39, 0.29) is 18.4 Å². The maximum absolute atomic E-state index is 14.5. The van der Waals surface area contributed by atoms with Gasteiger partial charge in [0.2, 0.25) is 5.88 Å². The van der Waals surface area contributed by atoms with Crippen molar-refractivity contribution in [1.29, 1.82) is 0 Å². The summed E-state index contributed by atoms with van der Waals surface area (Å²) in [5.74, 6) is -0.578. The predicted octanol–water partition coefficient (Wildman–Crippen LogP) is 5.90. The quantitative estimate of drug-likeness (QED) is 0.274. The maximum Gasteiger partial charge on any atom is 0.227 e. The van der Waals surface area contributed by atoms with Crippen molar-refractivity contribution in [2.75, 3.05) is 13.2 Å². The van der Waals surface area contributed by atoms with Crippen molar-refractivity contribution in [3.63, 3.8) is 0 Å². The molecule has 0 spiro atoms. The van der Waals surface area contributed by atoms with E-state index in [1.807, 2.05) is 81.4 Å². The van der Waals surface area contributed by atoms with Gasteiger partial charge in [0.15, 0.2) is 11.6 Å². The first-order chi connectivity index (χ1) is 17.8. The van der Waals surface area contributed by atoms with Crippen LogP contribution >= 0.6 is 0 Å². The number of benzene rings is 3. The van der Waals surface area contributed by atoms with Gasteiger partial charge in [-0.2, -0.15) is 5.10 Å². The van der Waals surface area contributed by atoms with Crippen molar-refractivity contribution < 1.29 is 23.4 Å². The van der Waals surface area contributed by atoms with Gasteiger partial charge in [-0.25, -0.2) is 13.5 Å². The van der Waals surface area contributed by atoms with Gasteiger partial charge >= 0.3 is 0 Å². The van der Waals surface area contributed by atoms with Crippen molar-refractivity contribution in [3.05, 3.63) is 102 Å². The van der Waals surface area contributed by atoms with Gasteiger partial charge in [-0.05, 0) is 57.2 Å². The van der Waals surface area contributed by atoms with E-state index in [4.69, 9.17) is 9.47 Å². The van der Waals surface area contributed by atoms with Crippen LogP contribution in [0.4, 0.5) is 8.78 Å². The van der Waals surface area contributed by atoms with Crippen LogP contribution in [0.25, 0.3) is 5.69 Å². The fraction of sp³-hybridized carbons (Fsp3) is 0.276. The molecule has 0 aliphatic heterocycles. The van der Waals surface area contributed by atoms with Crippen LogP contribution in [-0.4, -0.2) is 45.1 Å². The number of rotatable bonds is 11. The van der Waals surface area contributed by atoms with E-state index in [1.165, 1.54) is 6.07 Å². The standard InChI is InChI=1S/C29H31F2N3O3/c1-20(2)33(17-24(35)19-36-25-12-8-5-9-13-25)18-26-21(3)32-34(23-10-6-4-7-11-23)29(26)37-28-15-14-22(30)16-27(28)31/h4-16,20,24,35H,17-19H2,1-3H3. The van der Waals surface area contributed by atoms with E-state index in [1.54, 1.807) is 4.68 Å². The zero-order valence-corrected chi connectivity index (χ0v) is 21.1. The highest BCUT2D eigenvalue weighted by Crippen LogP contribution is 2.33. The molecule has 0 fully saturated rings. The number of hydrogen-bond donors (Lipinski definition) is 1. The minimum absolute atomic E-state index is 0.0706. The Bertz CT molecular complexity index is 1300.